The molecular formula is C24H26N2O5S. The number of carbonyl (C=O) groups excluding carboxylic acids is 1. The molecule has 0 saturated carbocycles. The summed E-state index contributed by atoms with van der Waals surface area (Å²) in [6.07, 6.45) is 0.971. The normalized spacial score (nSPS) is 12.4. The van der Waals surface area contributed by atoms with Crippen molar-refractivity contribution in [2.45, 2.75) is 26.4 Å². The Morgan fingerprint density at radius 3 is 2.59 bits per heavy atom. The average Bonchev–Trinajstić information content (AvgIpc) is 3.18. The van der Waals surface area contributed by atoms with Crippen molar-refractivity contribution in [2.24, 2.45) is 0 Å². The monoisotopic (exact) mass is 454 g/mol. The minimum atomic E-state index is -0.934. The van der Waals surface area contributed by atoms with Gasteiger partial charge >= 0.3 is 5.97 Å². The molecule has 7 nitrogen and oxygen atoms in total. The fourth-order valence-corrected chi connectivity index (χ4v) is 4.13. The molecule has 2 aromatic carbocycles. The Labute approximate surface area is 190 Å². The predicted octanol–water partition coefficient (Wildman–Crippen LogP) is 4.57. The molecule has 0 saturated heterocycles. The van der Waals surface area contributed by atoms with Gasteiger partial charge in [0.2, 0.25) is 0 Å². The molecule has 32 heavy (non-hydrogen) atoms. The van der Waals surface area contributed by atoms with Crippen LogP contribution < -0.4 is 9.47 Å². The second-order valence-corrected chi connectivity index (χ2v) is 8.39. The molecule has 8 heteroatoms. The molecule has 3 rings (SSSR count). The van der Waals surface area contributed by atoms with Gasteiger partial charge in [-0.15, -0.1) is 11.3 Å². The molecule has 0 aliphatic carbocycles. The van der Waals surface area contributed by atoms with E-state index < -0.39 is 12.1 Å². The number of fused-ring (bicyclic) bond motifs is 1. The molecule has 1 heterocycles. The second kappa shape index (κ2) is 10.3. The molecule has 1 amide bonds. The lowest BCUT2D eigenvalue weighted by Gasteiger charge is -2.20. The van der Waals surface area contributed by atoms with Gasteiger partial charge in [-0.1, -0.05) is 18.2 Å². The minimum absolute atomic E-state index is 0.156. The molecule has 0 spiro atoms. The lowest BCUT2D eigenvalue weighted by atomic mass is 10.1. The van der Waals surface area contributed by atoms with Gasteiger partial charge in [0, 0.05) is 14.1 Å². The zero-order valence-corrected chi connectivity index (χ0v) is 19.3. The van der Waals surface area contributed by atoms with Crippen LogP contribution >= 0.6 is 11.3 Å². The van der Waals surface area contributed by atoms with Crippen LogP contribution in [0, 0.1) is 0 Å². The summed E-state index contributed by atoms with van der Waals surface area (Å²) in [5.74, 6) is -0.155. The van der Waals surface area contributed by atoms with E-state index in [1.165, 1.54) is 16.2 Å². The van der Waals surface area contributed by atoms with Gasteiger partial charge in [0.25, 0.3) is 5.91 Å². The largest absolute Gasteiger partial charge is 0.490 e. The fourth-order valence-electron chi connectivity index (χ4n) is 3.15. The fraction of sp³-hybridized carbons (Fsp3) is 0.292. The van der Waals surface area contributed by atoms with Crippen LogP contribution in [0.5, 0.6) is 11.5 Å². The lowest BCUT2D eigenvalue weighted by Crippen LogP contribution is -2.35. The maximum atomic E-state index is 12.2. The third kappa shape index (κ3) is 5.64. The van der Waals surface area contributed by atoms with Crippen molar-refractivity contribution in [1.82, 2.24) is 9.88 Å². The van der Waals surface area contributed by atoms with E-state index in [1.807, 2.05) is 31.2 Å². The highest BCUT2D eigenvalue weighted by Gasteiger charge is 2.19. The zero-order chi connectivity index (χ0) is 23.3. The number of amides is 1. The predicted molar refractivity (Wildman–Crippen MR) is 126 cm³/mol. The van der Waals surface area contributed by atoms with E-state index >= 15 is 0 Å². The number of carbonyl (C=O) groups is 2. The number of carboxylic acids is 1. The lowest BCUT2D eigenvalue weighted by molar-refractivity contribution is -0.136. The summed E-state index contributed by atoms with van der Waals surface area (Å²) in [5, 5.41) is 10.1. The number of carboxylic acid groups (broad SMARTS) is 1. The Morgan fingerprint density at radius 1 is 1.19 bits per heavy atom. The number of likely N-dealkylation sites (N-methyl/N-ethyl adjacent to an activating group) is 1. The summed E-state index contributed by atoms with van der Waals surface area (Å²) < 4.78 is 12.6. The van der Waals surface area contributed by atoms with Crippen LogP contribution in [0.4, 0.5) is 0 Å². The number of hydrogen-bond donors (Lipinski definition) is 1. The van der Waals surface area contributed by atoms with Gasteiger partial charge in [0.05, 0.1) is 23.2 Å². The van der Waals surface area contributed by atoms with Crippen molar-refractivity contribution in [3.05, 3.63) is 53.0 Å². The highest BCUT2D eigenvalue weighted by molar-refractivity contribution is 7.19. The molecule has 0 bridgehead atoms. The van der Waals surface area contributed by atoms with Crippen molar-refractivity contribution in [2.75, 3.05) is 20.7 Å². The highest BCUT2D eigenvalue weighted by atomic mass is 32.1. The number of benzene rings is 2. The number of para-hydroxylation sites is 1. The molecule has 1 unspecified atom stereocenters. The first-order valence-electron chi connectivity index (χ1n) is 10.2. The Kier molecular flexibility index (Phi) is 7.48. The molecule has 1 atom stereocenters. The van der Waals surface area contributed by atoms with Gasteiger partial charge in [-0.3, -0.25) is 9.59 Å². The quantitative estimate of drug-likeness (QED) is 0.510. The highest BCUT2D eigenvalue weighted by Crippen LogP contribution is 2.34. The molecule has 0 aliphatic heterocycles. The van der Waals surface area contributed by atoms with Crippen LogP contribution in [-0.4, -0.2) is 53.7 Å². The Bertz CT molecular complexity index is 1120. The summed E-state index contributed by atoms with van der Waals surface area (Å²) in [5.41, 5.74) is 2.19. The van der Waals surface area contributed by atoms with Crippen LogP contribution in [0.25, 0.3) is 21.9 Å². The number of nitrogens with zero attached hydrogens (tertiary/aromatic N) is 2. The van der Waals surface area contributed by atoms with E-state index in [0.29, 0.717) is 28.7 Å². The Balaban J connectivity index is 1.96. The second-order valence-electron chi connectivity index (χ2n) is 7.36. The van der Waals surface area contributed by atoms with Crippen molar-refractivity contribution in [3.8, 4) is 11.5 Å². The van der Waals surface area contributed by atoms with E-state index in [1.54, 1.807) is 45.3 Å². The summed E-state index contributed by atoms with van der Waals surface area (Å²) in [6, 6.07) is 13.0. The van der Waals surface area contributed by atoms with Crippen LogP contribution in [0.1, 0.15) is 30.8 Å². The Hall–Kier alpha value is -3.39. The molecule has 1 N–H and O–H groups in total. The van der Waals surface area contributed by atoms with Gasteiger partial charge in [-0.05, 0) is 55.3 Å². The summed E-state index contributed by atoms with van der Waals surface area (Å²) in [6.45, 7) is 3.96. The standard InChI is InChI=1S/C24H26N2O5S/c1-5-30-20-13-16(10-11-19(20)31-15(2)24(29)26(3)4)12-17(14-22(27)28)23-25-18-8-6-7-9-21(18)32-23/h6-13,15H,5,14H2,1-4H3,(H,27,28)/b17-12+. The van der Waals surface area contributed by atoms with Crippen LogP contribution in [0.15, 0.2) is 42.5 Å². The molecule has 0 radical (unpaired) electrons. The molecule has 3 aromatic rings. The maximum Gasteiger partial charge on any atom is 0.307 e. The number of rotatable bonds is 9. The number of thiazole rings is 1. The first-order chi connectivity index (χ1) is 15.3. The van der Waals surface area contributed by atoms with E-state index in [9.17, 15) is 14.7 Å². The third-order valence-electron chi connectivity index (χ3n) is 4.61. The summed E-state index contributed by atoms with van der Waals surface area (Å²) >= 11 is 1.46. The first-order valence-corrected chi connectivity index (χ1v) is 11.0. The van der Waals surface area contributed by atoms with Gasteiger partial charge in [-0.2, -0.15) is 0 Å². The van der Waals surface area contributed by atoms with E-state index in [4.69, 9.17) is 9.47 Å². The molecular weight excluding hydrogens is 428 g/mol. The summed E-state index contributed by atoms with van der Waals surface area (Å²) in [4.78, 5) is 29.7. The van der Waals surface area contributed by atoms with E-state index in [-0.39, 0.29) is 12.3 Å². The Morgan fingerprint density at radius 2 is 1.94 bits per heavy atom. The van der Waals surface area contributed by atoms with Crippen LogP contribution in [-0.2, 0) is 9.59 Å². The van der Waals surface area contributed by atoms with Crippen molar-refractivity contribution >= 4 is 45.1 Å². The first kappa shape index (κ1) is 23.3. The van der Waals surface area contributed by atoms with E-state index in [0.717, 1.165) is 15.8 Å². The van der Waals surface area contributed by atoms with Crippen molar-refractivity contribution in [1.29, 1.82) is 0 Å². The van der Waals surface area contributed by atoms with Crippen molar-refractivity contribution < 1.29 is 24.2 Å². The molecule has 0 aliphatic rings. The molecule has 1 aromatic heterocycles. The smallest absolute Gasteiger partial charge is 0.307 e. The molecule has 168 valence electrons. The van der Waals surface area contributed by atoms with Gasteiger partial charge in [0.15, 0.2) is 17.6 Å². The van der Waals surface area contributed by atoms with Crippen LogP contribution in [0.2, 0.25) is 0 Å². The van der Waals surface area contributed by atoms with Gasteiger partial charge in [-0.25, -0.2) is 4.98 Å². The van der Waals surface area contributed by atoms with Crippen LogP contribution in [0.3, 0.4) is 0 Å². The average molecular weight is 455 g/mol. The zero-order valence-electron chi connectivity index (χ0n) is 18.5. The third-order valence-corrected chi connectivity index (χ3v) is 5.72. The van der Waals surface area contributed by atoms with E-state index in [2.05, 4.69) is 4.98 Å². The maximum absolute atomic E-state index is 12.2. The van der Waals surface area contributed by atoms with Crippen molar-refractivity contribution in [3.63, 3.8) is 0 Å². The molecule has 0 fully saturated rings. The SMILES string of the molecule is CCOc1cc(/C=C(\CC(=O)O)c2nc3ccccc3s2)ccc1OC(C)C(=O)N(C)C. The number of aromatic nitrogens is 1. The van der Waals surface area contributed by atoms with Gasteiger partial charge in [0.1, 0.15) is 5.01 Å². The minimum Gasteiger partial charge on any atom is -0.490 e. The van der Waals surface area contributed by atoms with Gasteiger partial charge < -0.3 is 19.5 Å². The number of aliphatic carboxylic acids is 1. The number of hydrogen-bond acceptors (Lipinski definition) is 6. The summed E-state index contributed by atoms with van der Waals surface area (Å²) in [7, 11) is 3.34. The topological polar surface area (TPSA) is 89.0 Å². The number of ether oxygens (including phenoxy) is 2.